The topological polar surface area (TPSA) is 32.3 Å². The molecule has 3 heteroatoms. The first-order valence-electron chi connectivity index (χ1n) is 3.64. The number of carbonyl (C=O) groups excluding carboxylic acids is 1. The largest absolute Gasteiger partial charge is 0.378 e. The Labute approximate surface area is 72.0 Å². The molecule has 1 N–H and O–H groups in total. The standard InChI is InChI=1S/C9H11N2O/c1-11(2)9-5-3-8(4-6-9)10-7-12/h3-6H,1-2H3,(H,10,12). The third kappa shape index (κ3) is 1.99. The summed E-state index contributed by atoms with van der Waals surface area (Å²) in [6.45, 7) is 0. The number of amides is 1. The SMILES string of the molecule is CN(C)c1ccc(N[C]=O)cc1. The Morgan fingerprint density at radius 2 is 1.83 bits per heavy atom. The van der Waals surface area contributed by atoms with Crippen molar-refractivity contribution in [1.82, 2.24) is 0 Å². The molecule has 12 heavy (non-hydrogen) atoms. The lowest BCUT2D eigenvalue weighted by molar-refractivity contribution is 0.561. The third-order valence-electron chi connectivity index (χ3n) is 1.58. The van der Waals surface area contributed by atoms with Crippen LogP contribution >= 0.6 is 0 Å². The molecular weight excluding hydrogens is 152 g/mol. The Balaban J connectivity index is 2.78. The van der Waals surface area contributed by atoms with E-state index in [2.05, 4.69) is 5.32 Å². The van der Waals surface area contributed by atoms with E-state index in [1.807, 2.05) is 43.3 Å². The summed E-state index contributed by atoms with van der Waals surface area (Å²) in [4.78, 5) is 11.9. The highest BCUT2D eigenvalue weighted by atomic mass is 16.1. The molecule has 0 saturated carbocycles. The minimum absolute atomic E-state index is 0.760. The normalized spacial score (nSPS) is 9.17. The maximum atomic E-state index is 9.95. The van der Waals surface area contributed by atoms with Crippen molar-refractivity contribution in [3.05, 3.63) is 24.3 Å². The van der Waals surface area contributed by atoms with Crippen LogP contribution in [0.25, 0.3) is 0 Å². The highest BCUT2D eigenvalue weighted by molar-refractivity contribution is 5.72. The minimum atomic E-state index is 0.760. The van der Waals surface area contributed by atoms with Crippen molar-refractivity contribution in [3.63, 3.8) is 0 Å². The van der Waals surface area contributed by atoms with Gasteiger partial charge in [0, 0.05) is 25.5 Å². The van der Waals surface area contributed by atoms with Crippen LogP contribution in [0.4, 0.5) is 11.4 Å². The second kappa shape index (κ2) is 3.76. The monoisotopic (exact) mass is 163 g/mol. The molecule has 0 atom stereocenters. The van der Waals surface area contributed by atoms with Crippen molar-refractivity contribution in [3.8, 4) is 0 Å². The predicted molar refractivity (Wildman–Crippen MR) is 50.1 cm³/mol. The van der Waals surface area contributed by atoms with Crippen molar-refractivity contribution >= 4 is 17.8 Å². The molecule has 1 aromatic carbocycles. The molecule has 0 aromatic heterocycles. The predicted octanol–water partition coefficient (Wildman–Crippen LogP) is 1.23. The first kappa shape index (κ1) is 8.59. The van der Waals surface area contributed by atoms with Gasteiger partial charge < -0.3 is 10.2 Å². The lowest BCUT2D eigenvalue weighted by Gasteiger charge is -2.11. The maximum Gasteiger partial charge on any atom is 0.314 e. The van der Waals surface area contributed by atoms with Gasteiger partial charge >= 0.3 is 6.41 Å². The zero-order valence-electron chi connectivity index (χ0n) is 7.16. The number of benzene rings is 1. The van der Waals surface area contributed by atoms with Crippen LogP contribution in [-0.4, -0.2) is 20.5 Å². The number of rotatable bonds is 3. The Bertz CT molecular complexity index is 254. The summed E-state index contributed by atoms with van der Waals surface area (Å²) >= 11 is 0. The van der Waals surface area contributed by atoms with Gasteiger partial charge in [-0.05, 0) is 24.3 Å². The highest BCUT2D eigenvalue weighted by Gasteiger charge is 1.94. The van der Waals surface area contributed by atoms with Crippen LogP contribution in [0.3, 0.4) is 0 Å². The van der Waals surface area contributed by atoms with Crippen molar-refractivity contribution in [2.75, 3.05) is 24.3 Å². The summed E-state index contributed by atoms with van der Waals surface area (Å²) < 4.78 is 0. The van der Waals surface area contributed by atoms with E-state index in [0.717, 1.165) is 11.4 Å². The molecular formula is C9H11N2O. The molecule has 1 aromatic rings. The molecule has 1 rings (SSSR count). The van der Waals surface area contributed by atoms with Gasteiger partial charge in [-0.2, -0.15) is 0 Å². The van der Waals surface area contributed by atoms with Crippen LogP contribution in [0.1, 0.15) is 0 Å². The minimum Gasteiger partial charge on any atom is -0.378 e. The molecule has 0 aliphatic rings. The second-order valence-electron chi connectivity index (χ2n) is 2.67. The Morgan fingerprint density at radius 1 is 1.25 bits per heavy atom. The van der Waals surface area contributed by atoms with Crippen molar-refractivity contribution in [2.24, 2.45) is 0 Å². The molecule has 0 spiro atoms. The molecule has 63 valence electrons. The zero-order chi connectivity index (χ0) is 8.97. The second-order valence-corrected chi connectivity index (χ2v) is 2.67. The van der Waals surface area contributed by atoms with Crippen LogP contribution in [0, 0.1) is 0 Å². The molecule has 0 aliphatic heterocycles. The summed E-state index contributed by atoms with van der Waals surface area (Å²) in [5, 5.41) is 2.45. The van der Waals surface area contributed by atoms with E-state index in [1.54, 1.807) is 6.41 Å². The van der Waals surface area contributed by atoms with Gasteiger partial charge in [-0.25, -0.2) is 0 Å². The van der Waals surface area contributed by atoms with Gasteiger partial charge in [0.1, 0.15) is 0 Å². The average molecular weight is 163 g/mol. The molecule has 0 bridgehead atoms. The molecule has 3 nitrogen and oxygen atoms in total. The number of nitrogens with one attached hydrogen (secondary N) is 1. The summed E-state index contributed by atoms with van der Waals surface area (Å²) in [5.41, 5.74) is 1.86. The summed E-state index contributed by atoms with van der Waals surface area (Å²) in [5.74, 6) is 0. The average Bonchev–Trinajstić information content (AvgIpc) is 2.06. The van der Waals surface area contributed by atoms with Gasteiger partial charge in [0.15, 0.2) is 0 Å². The molecule has 0 aliphatic carbocycles. The van der Waals surface area contributed by atoms with Crippen molar-refractivity contribution in [2.45, 2.75) is 0 Å². The Hall–Kier alpha value is -1.51. The van der Waals surface area contributed by atoms with E-state index in [1.165, 1.54) is 0 Å². The molecule has 0 saturated heterocycles. The molecule has 0 heterocycles. The van der Waals surface area contributed by atoms with Crippen LogP contribution in [0.5, 0.6) is 0 Å². The van der Waals surface area contributed by atoms with Gasteiger partial charge in [0.25, 0.3) is 0 Å². The molecule has 0 unspecified atom stereocenters. The number of nitrogens with zero attached hydrogens (tertiary/aromatic N) is 1. The highest BCUT2D eigenvalue weighted by Crippen LogP contribution is 2.14. The first-order chi connectivity index (χ1) is 5.74. The quantitative estimate of drug-likeness (QED) is 0.680. The first-order valence-corrected chi connectivity index (χ1v) is 3.64. The smallest absolute Gasteiger partial charge is 0.314 e. The fourth-order valence-corrected chi connectivity index (χ4v) is 0.902. The van der Waals surface area contributed by atoms with Crippen LogP contribution in [-0.2, 0) is 4.79 Å². The van der Waals surface area contributed by atoms with E-state index in [-0.39, 0.29) is 0 Å². The fourth-order valence-electron chi connectivity index (χ4n) is 0.902. The van der Waals surface area contributed by atoms with E-state index in [9.17, 15) is 4.79 Å². The third-order valence-corrected chi connectivity index (χ3v) is 1.58. The van der Waals surface area contributed by atoms with Crippen LogP contribution in [0.15, 0.2) is 24.3 Å². The Morgan fingerprint density at radius 3 is 2.25 bits per heavy atom. The molecule has 1 amide bonds. The lowest BCUT2D eigenvalue weighted by Crippen LogP contribution is -2.08. The molecule has 1 radical (unpaired) electrons. The van der Waals surface area contributed by atoms with Gasteiger partial charge in [0.05, 0.1) is 0 Å². The van der Waals surface area contributed by atoms with Gasteiger partial charge in [-0.1, -0.05) is 0 Å². The zero-order valence-corrected chi connectivity index (χ0v) is 7.16. The number of anilines is 2. The van der Waals surface area contributed by atoms with Crippen molar-refractivity contribution in [1.29, 1.82) is 0 Å². The van der Waals surface area contributed by atoms with Gasteiger partial charge in [0.2, 0.25) is 0 Å². The summed E-state index contributed by atoms with van der Waals surface area (Å²) in [6, 6.07) is 7.53. The van der Waals surface area contributed by atoms with Crippen LogP contribution < -0.4 is 10.2 Å². The van der Waals surface area contributed by atoms with Gasteiger partial charge in [-0.3, -0.25) is 4.79 Å². The van der Waals surface area contributed by atoms with E-state index >= 15 is 0 Å². The number of hydrogen-bond donors (Lipinski definition) is 1. The maximum absolute atomic E-state index is 9.95. The van der Waals surface area contributed by atoms with E-state index in [0.29, 0.717) is 0 Å². The lowest BCUT2D eigenvalue weighted by atomic mass is 10.3. The Kier molecular flexibility index (Phi) is 2.69. The van der Waals surface area contributed by atoms with E-state index < -0.39 is 0 Å². The number of hydrogen-bond acceptors (Lipinski definition) is 2. The summed E-state index contributed by atoms with van der Waals surface area (Å²) in [6.07, 6.45) is 1.62. The summed E-state index contributed by atoms with van der Waals surface area (Å²) in [7, 11) is 3.93. The fraction of sp³-hybridized carbons (Fsp3) is 0.222. The van der Waals surface area contributed by atoms with Gasteiger partial charge in [-0.15, -0.1) is 0 Å². The van der Waals surface area contributed by atoms with E-state index in [4.69, 9.17) is 0 Å². The van der Waals surface area contributed by atoms with Crippen LogP contribution in [0.2, 0.25) is 0 Å². The van der Waals surface area contributed by atoms with Crippen molar-refractivity contribution < 1.29 is 4.79 Å². The molecule has 0 fully saturated rings.